The van der Waals surface area contributed by atoms with Gasteiger partial charge in [-0.15, -0.1) is 0 Å². The summed E-state index contributed by atoms with van der Waals surface area (Å²) in [5.74, 6) is -3.70. The lowest BCUT2D eigenvalue weighted by Gasteiger charge is -2.06. The van der Waals surface area contributed by atoms with Crippen LogP contribution < -0.4 is 0 Å². The number of unbranched alkanes of at least 4 members (excludes halogenated alkanes) is 6. The first kappa shape index (κ1) is 14.9. The van der Waals surface area contributed by atoms with E-state index in [9.17, 15) is 9.59 Å². The Morgan fingerprint density at radius 1 is 0.875 bits per heavy atom. The van der Waals surface area contributed by atoms with Gasteiger partial charge in [0.05, 0.1) is 0 Å². The molecule has 0 aromatic rings. The highest BCUT2D eigenvalue weighted by Crippen LogP contribution is 2.13. The van der Waals surface area contributed by atoms with Crippen molar-refractivity contribution >= 4 is 11.9 Å². The molecule has 93 valence electrons. The molecule has 2 N–H and O–H groups in total. The minimum atomic E-state index is -1.24. The standard InChI is InChI=1S/C12H21O4/c1-2-3-4-5-6-7-8-9-10(11(13)14)12(15)16/h10H,1-9H2,(H,13,14)(H,15,16). The molecule has 0 aromatic heterocycles. The van der Waals surface area contributed by atoms with Crippen molar-refractivity contribution in [3.05, 3.63) is 6.92 Å². The number of hydrogen-bond donors (Lipinski definition) is 2. The predicted molar refractivity (Wildman–Crippen MR) is 61.1 cm³/mol. The second kappa shape index (κ2) is 9.19. The van der Waals surface area contributed by atoms with Crippen LogP contribution in [0, 0.1) is 12.8 Å². The molecule has 0 heterocycles. The van der Waals surface area contributed by atoms with Crippen LogP contribution in [0.1, 0.15) is 51.4 Å². The van der Waals surface area contributed by atoms with Crippen molar-refractivity contribution in [3.8, 4) is 0 Å². The molecule has 4 heteroatoms. The molecule has 0 saturated carbocycles. The highest BCUT2D eigenvalue weighted by atomic mass is 16.4. The van der Waals surface area contributed by atoms with Crippen molar-refractivity contribution in [2.45, 2.75) is 51.4 Å². The van der Waals surface area contributed by atoms with Crippen LogP contribution >= 0.6 is 0 Å². The zero-order chi connectivity index (χ0) is 12.4. The second-order valence-electron chi connectivity index (χ2n) is 3.99. The van der Waals surface area contributed by atoms with E-state index >= 15 is 0 Å². The summed E-state index contributed by atoms with van der Waals surface area (Å²) in [6.07, 6.45) is 7.24. The van der Waals surface area contributed by atoms with Gasteiger partial charge in [0.25, 0.3) is 0 Å². The quantitative estimate of drug-likeness (QED) is 0.446. The Hall–Kier alpha value is -1.06. The Morgan fingerprint density at radius 3 is 1.75 bits per heavy atom. The lowest BCUT2D eigenvalue weighted by Crippen LogP contribution is -2.23. The Bertz CT molecular complexity index is 199. The van der Waals surface area contributed by atoms with Crippen molar-refractivity contribution in [3.63, 3.8) is 0 Å². The minimum absolute atomic E-state index is 0.236. The zero-order valence-electron chi connectivity index (χ0n) is 9.65. The van der Waals surface area contributed by atoms with Crippen LogP contribution in [-0.2, 0) is 9.59 Å². The molecule has 0 bridgehead atoms. The smallest absolute Gasteiger partial charge is 0.317 e. The van der Waals surface area contributed by atoms with Gasteiger partial charge >= 0.3 is 11.9 Å². The van der Waals surface area contributed by atoms with E-state index in [0.717, 1.165) is 38.5 Å². The van der Waals surface area contributed by atoms with Crippen molar-refractivity contribution in [2.24, 2.45) is 5.92 Å². The maximum Gasteiger partial charge on any atom is 0.317 e. The van der Waals surface area contributed by atoms with Gasteiger partial charge in [0.1, 0.15) is 0 Å². The molecule has 0 aliphatic carbocycles. The van der Waals surface area contributed by atoms with Crippen LogP contribution in [0.4, 0.5) is 0 Å². The van der Waals surface area contributed by atoms with Gasteiger partial charge in [-0.3, -0.25) is 9.59 Å². The highest BCUT2D eigenvalue weighted by Gasteiger charge is 2.24. The molecule has 4 nitrogen and oxygen atoms in total. The molecule has 0 unspecified atom stereocenters. The summed E-state index contributed by atoms with van der Waals surface area (Å²) in [7, 11) is 0. The third-order valence-electron chi connectivity index (χ3n) is 2.59. The maximum atomic E-state index is 10.6. The summed E-state index contributed by atoms with van der Waals surface area (Å²) in [6, 6.07) is 0. The monoisotopic (exact) mass is 229 g/mol. The van der Waals surface area contributed by atoms with E-state index in [0.29, 0.717) is 6.42 Å². The van der Waals surface area contributed by atoms with E-state index in [-0.39, 0.29) is 6.42 Å². The topological polar surface area (TPSA) is 74.6 Å². The van der Waals surface area contributed by atoms with Crippen LogP contribution in [0.3, 0.4) is 0 Å². The largest absolute Gasteiger partial charge is 0.481 e. The van der Waals surface area contributed by atoms with Crippen LogP contribution in [0.15, 0.2) is 0 Å². The van der Waals surface area contributed by atoms with Gasteiger partial charge in [0, 0.05) is 0 Å². The summed E-state index contributed by atoms with van der Waals surface area (Å²) < 4.78 is 0. The normalized spacial score (nSPS) is 10.6. The van der Waals surface area contributed by atoms with Gasteiger partial charge in [-0.1, -0.05) is 51.9 Å². The summed E-state index contributed by atoms with van der Waals surface area (Å²) in [4.78, 5) is 21.1. The number of carboxylic acids is 2. The molecule has 0 aliphatic heterocycles. The van der Waals surface area contributed by atoms with Crippen molar-refractivity contribution in [1.29, 1.82) is 0 Å². The summed E-state index contributed by atoms with van der Waals surface area (Å²) in [5.41, 5.74) is 0. The molecule has 0 spiro atoms. The second-order valence-corrected chi connectivity index (χ2v) is 3.99. The maximum absolute atomic E-state index is 10.6. The number of aliphatic carboxylic acids is 2. The van der Waals surface area contributed by atoms with E-state index in [1.54, 1.807) is 0 Å². The predicted octanol–water partition coefficient (Wildman–Crippen LogP) is 2.73. The zero-order valence-corrected chi connectivity index (χ0v) is 9.65. The fraction of sp³-hybridized carbons (Fsp3) is 0.750. The third kappa shape index (κ3) is 7.26. The van der Waals surface area contributed by atoms with Gasteiger partial charge in [-0.2, -0.15) is 0 Å². The lowest BCUT2D eigenvalue weighted by atomic mass is 10.0. The van der Waals surface area contributed by atoms with E-state index in [1.165, 1.54) is 0 Å². The van der Waals surface area contributed by atoms with Crippen molar-refractivity contribution in [2.75, 3.05) is 0 Å². The Kier molecular flexibility index (Phi) is 8.58. The van der Waals surface area contributed by atoms with Gasteiger partial charge in [0.2, 0.25) is 0 Å². The number of carbonyl (C=O) groups is 2. The molecular weight excluding hydrogens is 208 g/mol. The Morgan fingerprint density at radius 2 is 1.31 bits per heavy atom. The number of hydrogen-bond acceptors (Lipinski definition) is 2. The van der Waals surface area contributed by atoms with Gasteiger partial charge in [-0.25, -0.2) is 0 Å². The van der Waals surface area contributed by atoms with Crippen LogP contribution in [0.25, 0.3) is 0 Å². The highest BCUT2D eigenvalue weighted by molar-refractivity contribution is 5.92. The third-order valence-corrected chi connectivity index (χ3v) is 2.59. The molecule has 0 amide bonds. The summed E-state index contributed by atoms with van der Waals surface area (Å²) in [5, 5.41) is 17.3. The molecular formula is C12H21O4. The average molecular weight is 229 g/mol. The van der Waals surface area contributed by atoms with Gasteiger partial charge < -0.3 is 10.2 Å². The first-order valence-electron chi connectivity index (χ1n) is 5.84. The van der Waals surface area contributed by atoms with Crippen molar-refractivity contribution < 1.29 is 19.8 Å². The fourth-order valence-corrected chi connectivity index (χ4v) is 1.58. The minimum Gasteiger partial charge on any atom is -0.481 e. The van der Waals surface area contributed by atoms with Crippen LogP contribution in [-0.4, -0.2) is 22.2 Å². The van der Waals surface area contributed by atoms with Gasteiger partial charge in [0.15, 0.2) is 5.92 Å². The Balaban J connectivity index is 3.48. The van der Waals surface area contributed by atoms with E-state index < -0.39 is 17.9 Å². The van der Waals surface area contributed by atoms with Crippen LogP contribution in [0.5, 0.6) is 0 Å². The van der Waals surface area contributed by atoms with Crippen molar-refractivity contribution in [1.82, 2.24) is 0 Å². The summed E-state index contributed by atoms with van der Waals surface area (Å²) in [6.45, 7) is 3.75. The lowest BCUT2D eigenvalue weighted by molar-refractivity contribution is -0.154. The van der Waals surface area contributed by atoms with Crippen LogP contribution in [0.2, 0.25) is 0 Å². The molecule has 0 aromatic carbocycles. The van der Waals surface area contributed by atoms with E-state index in [1.807, 2.05) is 0 Å². The molecule has 1 radical (unpaired) electrons. The molecule has 0 saturated heterocycles. The molecule has 16 heavy (non-hydrogen) atoms. The SMILES string of the molecule is [CH2]CCCCCCCCC(C(=O)O)C(=O)O. The van der Waals surface area contributed by atoms with E-state index in [4.69, 9.17) is 10.2 Å². The first-order valence-corrected chi connectivity index (χ1v) is 5.84. The molecule has 0 aliphatic rings. The molecule has 0 atom stereocenters. The fourth-order valence-electron chi connectivity index (χ4n) is 1.58. The average Bonchev–Trinajstić information content (AvgIpc) is 2.21. The first-order chi connectivity index (χ1) is 7.59. The molecule has 0 rings (SSSR count). The summed E-state index contributed by atoms with van der Waals surface area (Å²) >= 11 is 0. The van der Waals surface area contributed by atoms with Gasteiger partial charge in [-0.05, 0) is 6.42 Å². The number of carboxylic acid groups (broad SMARTS) is 2. The number of rotatable bonds is 10. The van der Waals surface area contributed by atoms with E-state index in [2.05, 4.69) is 6.92 Å². The molecule has 0 fully saturated rings. The Labute approximate surface area is 96.7 Å².